The molecule has 14 heavy (non-hydrogen) atoms. The summed E-state index contributed by atoms with van der Waals surface area (Å²) in [7, 11) is 1.83. The van der Waals surface area contributed by atoms with E-state index in [1.54, 1.807) is 16.3 Å². The molecule has 0 saturated heterocycles. The Labute approximate surface area is 93.5 Å². The van der Waals surface area contributed by atoms with Crippen LogP contribution >= 0.6 is 22.9 Å². The molecule has 0 aliphatic heterocycles. The van der Waals surface area contributed by atoms with E-state index in [2.05, 4.69) is 6.92 Å². The van der Waals surface area contributed by atoms with Gasteiger partial charge in [-0.05, 0) is 12.5 Å². The first-order valence-electron chi connectivity index (χ1n) is 4.64. The van der Waals surface area contributed by atoms with Gasteiger partial charge in [-0.3, -0.25) is 4.79 Å². The largest absolute Gasteiger partial charge is 0.341 e. The number of rotatable bonds is 4. The van der Waals surface area contributed by atoms with Gasteiger partial charge in [0.2, 0.25) is 0 Å². The maximum Gasteiger partial charge on any atom is 0.263 e. The van der Waals surface area contributed by atoms with Gasteiger partial charge in [-0.1, -0.05) is 24.9 Å². The van der Waals surface area contributed by atoms with E-state index in [1.165, 1.54) is 11.3 Å². The summed E-state index contributed by atoms with van der Waals surface area (Å²) in [6, 6.07) is 1.72. The van der Waals surface area contributed by atoms with Gasteiger partial charge in [0.1, 0.15) is 0 Å². The van der Waals surface area contributed by atoms with E-state index >= 15 is 0 Å². The summed E-state index contributed by atoms with van der Waals surface area (Å²) in [5, 5.41) is 2.42. The highest BCUT2D eigenvalue weighted by atomic mass is 35.5. The van der Waals surface area contributed by atoms with Crippen molar-refractivity contribution in [2.45, 2.75) is 19.8 Å². The molecule has 0 atom stereocenters. The van der Waals surface area contributed by atoms with Crippen molar-refractivity contribution in [1.29, 1.82) is 0 Å². The zero-order chi connectivity index (χ0) is 10.6. The average Bonchev–Trinajstić information content (AvgIpc) is 2.60. The maximum atomic E-state index is 11.7. The predicted octanol–water partition coefficient (Wildman–Crippen LogP) is 3.27. The third kappa shape index (κ3) is 3.00. The van der Waals surface area contributed by atoms with E-state index in [1.807, 2.05) is 7.05 Å². The molecule has 1 aromatic rings. The van der Waals surface area contributed by atoms with Crippen molar-refractivity contribution in [3.8, 4) is 0 Å². The Morgan fingerprint density at radius 1 is 1.64 bits per heavy atom. The van der Waals surface area contributed by atoms with Crippen LogP contribution in [0.15, 0.2) is 11.4 Å². The van der Waals surface area contributed by atoms with Crippen LogP contribution in [0, 0.1) is 0 Å². The minimum Gasteiger partial charge on any atom is -0.341 e. The fraction of sp³-hybridized carbons (Fsp3) is 0.500. The molecule has 0 spiro atoms. The van der Waals surface area contributed by atoms with Crippen molar-refractivity contribution in [2.24, 2.45) is 0 Å². The fourth-order valence-electron chi connectivity index (χ4n) is 1.11. The molecule has 0 bridgehead atoms. The van der Waals surface area contributed by atoms with Crippen LogP contribution in [0.25, 0.3) is 0 Å². The second-order valence-corrected chi connectivity index (χ2v) is 4.56. The summed E-state index contributed by atoms with van der Waals surface area (Å²) in [6.45, 7) is 2.92. The van der Waals surface area contributed by atoms with E-state index in [-0.39, 0.29) is 5.91 Å². The van der Waals surface area contributed by atoms with Crippen LogP contribution in [0.5, 0.6) is 0 Å². The SMILES string of the molecule is CCCCN(C)C(=O)c1cc(Cl)cs1. The zero-order valence-electron chi connectivity index (χ0n) is 8.42. The number of halogens is 1. The number of hydrogen-bond donors (Lipinski definition) is 0. The molecule has 0 fully saturated rings. The van der Waals surface area contributed by atoms with Crippen LogP contribution in [-0.4, -0.2) is 24.4 Å². The van der Waals surface area contributed by atoms with E-state index in [4.69, 9.17) is 11.6 Å². The Balaban J connectivity index is 2.56. The number of carbonyl (C=O) groups is 1. The maximum absolute atomic E-state index is 11.7. The number of unbranched alkanes of at least 4 members (excludes halogenated alkanes) is 1. The third-order valence-electron chi connectivity index (χ3n) is 1.97. The summed E-state index contributed by atoms with van der Waals surface area (Å²) in [5.41, 5.74) is 0. The van der Waals surface area contributed by atoms with Crippen molar-refractivity contribution >= 4 is 28.8 Å². The first-order chi connectivity index (χ1) is 6.65. The van der Waals surface area contributed by atoms with Gasteiger partial charge in [0.05, 0.1) is 9.90 Å². The summed E-state index contributed by atoms with van der Waals surface area (Å²) in [4.78, 5) is 14.2. The summed E-state index contributed by atoms with van der Waals surface area (Å²) in [6.07, 6.45) is 2.14. The number of carbonyl (C=O) groups excluding carboxylic acids is 1. The summed E-state index contributed by atoms with van der Waals surface area (Å²) < 4.78 is 0. The average molecular weight is 232 g/mol. The highest BCUT2D eigenvalue weighted by molar-refractivity contribution is 7.12. The van der Waals surface area contributed by atoms with Crippen molar-refractivity contribution in [3.63, 3.8) is 0 Å². The molecule has 1 rings (SSSR count). The molecule has 0 aliphatic rings. The van der Waals surface area contributed by atoms with Crippen LogP contribution in [0.3, 0.4) is 0 Å². The van der Waals surface area contributed by atoms with Crippen LogP contribution in [0.2, 0.25) is 5.02 Å². The first-order valence-corrected chi connectivity index (χ1v) is 5.90. The Hall–Kier alpha value is -0.540. The number of hydrogen-bond acceptors (Lipinski definition) is 2. The molecule has 0 N–H and O–H groups in total. The Morgan fingerprint density at radius 3 is 2.86 bits per heavy atom. The standard InChI is InChI=1S/C10H14ClNOS/c1-3-4-5-12(2)10(13)9-6-8(11)7-14-9/h6-7H,3-5H2,1-2H3. The van der Waals surface area contributed by atoms with Crippen LogP contribution in [0.1, 0.15) is 29.4 Å². The molecule has 0 saturated carbocycles. The molecule has 1 aromatic heterocycles. The Bertz CT molecular complexity index is 311. The lowest BCUT2D eigenvalue weighted by Crippen LogP contribution is -2.26. The molecule has 0 aromatic carbocycles. The van der Waals surface area contributed by atoms with Crippen molar-refractivity contribution in [1.82, 2.24) is 4.90 Å². The van der Waals surface area contributed by atoms with E-state index < -0.39 is 0 Å². The van der Waals surface area contributed by atoms with Gasteiger partial charge in [-0.15, -0.1) is 11.3 Å². The topological polar surface area (TPSA) is 20.3 Å². The molecule has 1 amide bonds. The molecule has 0 radical (unpaired) electrons. The van der Waals surface area contributed by atoms with Crippen LogP contribution < -0.4 is 0 Å². The normalized spacial score (nSPS) is 10.2. The smallest absolute Gasteiger partial charge is 0.263 e. The number of thiophene rings is 1. The highest BCUT2D eigenvalue weighted by Gasteiger charge is 2.12. The van der Waals surface area contributed by atoms with E-state index in [0.29, 0.717) is 9.90 Å². The third-order valence-corrected chi connectivity index (χ3v) is 3.24. The van der Waals surface area contributed by atoms with Gasteiger partial charge in [-0.25, -0.2) is 0 Å². The molecule has 78 valence electrons. The van der Waals surface area contributed by atoms with Gasteiger partial charge in [-0.2, -0.15) is 0 Å². The highest BCUT2D eigenvalue weighted by Crippen LogP contribution is 2.20. The minimum atomic E-state index is 0.0651. The fourth-order valence-corrected chi connectivity index (χ4v) is 2.18. The monoisotopic (exact) mass is 231 g/mol. The van der Waals surface area contributed by atoms with Crippen LogP contribution in [-0.2, 0) is 0 Å². The van der Waals surface area contributed by atoms with Gasteiger partial charge in [0, 0.05) is 19.0 Å². The molecule has 4 heteroatoms. The Kier molecular flexibility index (Phi) is 4.42. The molecular weight excluding hydrogens is 218 g/mol. The van der Waals surface area contributed by atoms with Crippen LogP contribution in [0.4, 0.5) is 0 Å². The summed E-state index contributed by atoms with van der Waals surface area (Å²) in [5.74, 6) is 0.0651. The molecular formula is C10H14ClNOS. The quantitative estimate of drug-likeness (QED) is 0.779. The van der Waals surface area contributed by atoms with Gasteiger partial charge in [0.25, 0.3) is 5.91 Å². The lowest BCUT2D eigenvalue weighted by molar-refractivity contribution is 0.0798. The Morgan fingerprint density at radius 2 is 2.36 bits per heavy atom. The molecule has 0 unspecified atom stereocenters. The second-order valence-electron chi connectivity index (χ2n) is 3.21. The second kappa shape index (κ2) is 5.37. The molecule has 1 heterocycles. The number of amides is 1. The molecule has 0 aliphatic carbocycles. The minimum absolute atomic E-state index is 0.0651. The lowest BCUT2D eigenvalue weighted by Gasteiger charge is -2.15. The summed E-state index contributed by atoms with van der Waals surface area (Å²) >= 11 is 7.15. The van der Waals surface area contributed by atoms with Gasteiger partial charge in [0.15, 0.2) is 0 Å². The predicted molar refractivity (Wildman–Crippen MR) is 61.2 cm³/mol. The van der Waals surface area contributed by atoms with Gasteiger partial charge < -0.3 is 4.90 Å². The first kappa shape index (κ1) is 11.5. The lowest BCUT2D eigenvalue weighted by atomic mass is 10.3. The van der Waals surface area contributed by atoms with Gasteiger partial charge >= 0.3 is 0 Å². The molecule has 2 nitrogen and oxygen atoms in total. The number of nitrogens with zero attached hydrogens (tertiary/aromatic N) is 1. The van der Waals surface area contributed by atoms with Crippen molar-refractivity contribution < 1.29 is 4.79 Å². The van der Waals surface area contributed by atoms with Crippen molar-refractivity contribution in [3.05, 3.63) is 21.3 Å². The van der Waals surface area contributed by atoms with E-state index in [9.17, 15) is 4.79 Å². The zero-order valence-corrected chi connectivity index (χ0v) is 9.99. The van der Waals surface area contributed by atoms with E-state index in [0.717, 1.165) is 19.4 Å². The van der Waals surface area contributed by atoms with Crippen molar-refractivity contribution in [2.75, 3.05) is 13.6 Å².